The maximum atomic E-state index is 11.9. The molecule has 4 N–H and O–H groups in total. The van der Waals surface area contributed by atoms with Gasteiger partial charge in [0, 0.05) is 30.5 Å². The van der Waals surface area contributed by atoms with Gasteiger partial charge in [-0.05, 0) is 134 Å². The van der Waals surface area contributed by atoms with Crippen LogP contribution in [-0.2, 0) is 9.47 Å². The van der Waals surface area contributed by atoms with E-state index in [1.807, 2.05) is 13.8 Å². The smallest absolute Gasteiger partial charge is 0.0859 e. The van der Waals surface area contributed by atoms with Crippen LogP contribution < -0.4 is 5.73 Å². The van der Waals surface area contributed by atoms with Crippen LogP contribution in [0.3, 0.4) is 0 Å². The summed E-state index contributed by atoms with van der Waals surface area (Å²) in [5.41, 5.74) is 4.77. The first-order valence-electron chi connectivity index (χ1n) is 16.7. The SMILES string of the molecule is CC(C)(CO)O[C@H]1CCC2OCCC(CCCN)C(CCCN3CCC(O)([C@H]4CC[C@@H](Cl)CC4)C(C)(C)C3)[C@H]2C1. The van der Waals surface area contributed by atoms with Gasteiger partial charge in [0.2, 0.25) is 0 Å². The van der Waals surface area contributed by atoms with Crippen molar-refractivity contribution in [2.75, 3.05) is 39.4 Å². The zero-order valence-corrected chi connectivity index (χ0v) is 26.8. The number of nitrogens with zero attached hydrogens (tertiary/aromatic N) is 1. The lowest BCUT2D eigenvalue weighted by molar-refractivity contribution is -0.161. The molecule has 2 aliphatic carbocycles. The van der Waals surface area contributed by atoms with E-state index in [1.54, 1.807) is 0 Å². The molecule has 2 saturated heterocycles. The predicted molar refractivity (Wildman–Crippen MR) is 164 cm³/mol. The van der Waals surface area contributed by atoms with Gasteiger partial charge in [0.25, 0.3) is 0 Å². The van der Waals surface area contributed by atoms with Crippen LogP contribution in [0.5, 0.6) is 0 Å². The van der Waals surface area contributed by atoms with Crippen LogP contribution in [0.2, 0.25) is 0 Å². The van der Waals surface area contributed by atoms with E-state index in [9.17, 15) is 10.2 Å². The van der Waals surface area contributed by atoms with Crippen molar-refractivity contribution in [3.05, 3.63) is 0 Å². The summed E-state index contributed by atoms with van der Waals surface area (Å²) in [5, 5.41) is 22.0. The number of likely N-dealkylation sites (tertiary alicyclic amines) is 1. The van der Waals surface area contributed by atoms with Crippen molar-refractivity contribution >= 4 is 11.6 Å². The van der Waals surface area contributed by atoms with Crippen molar-refractivity contribution in [1.29, 1.82) is 0 Å². The molecule has 6 atom stereocenters. The van der Waals surface area contributed by atoms with E-state index in [4.69, 9.17) is 26.8 Å². The largest absolute Gasteiger partial charge is 0.393 e. The monoisotopic (exact) mass is 584 g/mol. The highest BCUT2D eigenvalue weighted by Gasteiger charge is 2.52. The van der Waals surface area contributed by atoms with Gasteiger partial charge in [-0.2, -0.15) is 0 Å². The first-order valence-corrected chi connectivity index (χ1v) is 17.1. The Balaban J connectivity index is 1.37. The average Bonchev–Trinajstić information content (AvgIpc) is 3.08. The number of fused-ring (bicyclic) bond motifs is 1. The minimum atomic E-state index is -0.584. The number of halogens is 1. The Labute approximate surface area is 250 Å². The van der Waals surface area contributed by atoms with Gasteiger partial charge in [-0.3, -0.25) is 0 Å². The lowest BCUT2D eigenvalue weighted by Crippen LogP contribution is -2.61. The van der Waals surface area contributed by atoms with Crippen LogP contribution in [-0.4, -0.2) is 83.3 Å². The van der Waals surface area contributed by atoms with Gasteiger partial charge in [0.05, 0.1) is 30.0 Å². The maximum absolute atomic E-state index is 11.9. The van der Waals surface area contributed by atoms with Crippen LogP contribution in [0.4, 0.5) is 0 Å². The molecule has 2 saturated carbocycles. The molecule has 7 heteroatoms. The Kier molecular flexibility index (Phi) is 11.7. The number of aliphatic hydroxyl groups is 2. The quantitative estimate of drug-likeness (QED) is 0.268. The van der Waals surface area contributed by atoms with Gasteiger partial charge in [0.15, 0.2) is 0 Å². The van der Waals surface area contributed by atoms with Crippen molar-refractivity contribution in [2.45, 2.75) is 140 Å². The van der Waals surface area contributed by atoms with Gasteiger partial charge in [0.1, 0.15) is 0 Å². The van der Waals surface area contributed by atoms with Gasteiger partial charge in [-0.1, -0.05) is 13.8 Å². The van der Waals surface area contributed by atoms with E-state index in [0.29, 0.717) is 29.8 Å². The maximum Gasteiger partial charge on any atom is 0.0859 e. The fourth-order valence-corrected chi connectivity index (χ4v) is 9.24. The van der Waals surface area contributed by atoms with Gasteiger partial charge in [-0.25, -0.2) is 0 Å². The molecule has 4 rings (SSSR count). The fraction of sp³-hybridized carbons (Fsp3) is 1.00. The molecule has 0 spiro atoms. The number of nitrogens with two attached hydrogens (primary N) is 1. The third-order valence-corrected chi connectivity index (χ3v) is 11.8. The highest BCUT2D eigenvalue weighted by atomic mass is 35.5. The highest BCUT2D eigenvalue weighted by molar-refractivity contribution is 6.20. The van der Waals surface area contributed by atoms with Crippen molar-refractivity contribution < 1.29 is 19.7 Å². The third kappa shape index (κ3) is 7.95. The lowest BCUT2D eigenvalue weighted by Gasteiger charge is -2.55. The average molecular weight is 585 g/mol. The molecular formula is C33H61ClN2O4. The molecule has 4 aliphatic rings. The van der Waals surface area contributed by atoms with Crippen molar-refractivity contribution in [1.82, 2.24) is 4.90 Å². The summed E-state index contributed by atoms with van der Waals surface area (Å²) in [6.07, 6.45) is 14.5. The Bertz CT molecular complexity index is 774. The molecule has 4 fully saturated rings. The molecule has 0 aromatic heterocycles. The number of rotatable bonds is 11. The Morgan fingerprint density at radius 3 is 2.48 bits per heavy atom. The van der Waals surface area contributed by atoms with Crippen LogP contribution in [0.1, 0.15) is 111 Å². The second kappa shape index (κ2) is 14.2. The second-order valence-electron chi connectivity index (χ2n) is 15.1. The first kappa shape index (κ1) is 33.0. The topological polar surface area (TPSA) is 88.2 Å². The van der Waals surface area contributed by atoms with Crippen LogP contribution in [0.25, 0.3) is 0 Å². The van der Waals surface area contributed by atoms with E-state index < -0.39 is 11.2 Å². The molecule has 40 heavy (non-hydrogen) atoms. The molecule has 0 aromatic carbocycles. The van der Waals surface area contributed by atoms with E-state index in [1.165, 1.54) is 19.3 Å². The van der Waals surface area contributed by atoms with Crippen molar-refractivity contribution in [3.63, 3.8) is 0 Å². The minimum absolute atomic E-state index is 0.0476. The predicted octanol–water partition coefficient (Wildman–Crippen LogP) is 5.74. The number of aliphatic hydroxyl groups excluding tert-OH is 1. The molecule has 0 radical (unpaired) electrons. The molecule has 234 valence electrons. The number of ether oxygens (including phenoxy) is 2. The van der Waals surface area contributed by atoms with Crippen LogP contribution in [0, 0.1) is 29.1 Å². The standard InChI is InChI=1S/C33H61ClN2O4/c1-31(2)22-36(19-16-33(31,38)25-9-11-26(34)12-10-25)18-6-8-28-24(7-5-17-35)15-20-39-30-14-13-27(21-29(28)30)40-32(3,4)23-37/h24-30,37-38H,5-23,35H2,1-4H3/t24?,25-,26+,27-,28?,29+,30?,33?/m0/s1. The number of piperidine rings is 1. The Morgan fingerprint density at radius 2 is 1.80 bits per heavy atom. The zero-order chi connectivity index (χ0) is 29.0. The molecule has 4 unspecified atom stereocenters. The van der Waals surface area contributed by atoms with Crippen LogP contribution >= 0.6 is 11.6 Å². The molecule has 0 bridgehead atoms. The van der Waals surface area contributed by atoms with E-state index >= 15 is 0 Å². The molecular weight excluding hydrogens is 524 g/mol. The Morgan fingerprint density at radius 1 is 1.05 bits per heavy atom. The van der Waals surface area contributed by atoms with Gasteiger partial charge >= 0.3 is 0 Å². The van der Waals surface area contributed by atoms with Crippen molar-refractivity contribution in [3.8, 4) is 0 Å². The second-order valence-corrected chi connectivity index (χ2v) is 15.7. The normalized spacial score (nSPS) is 39.5. The van der Waals surface area contributed by atoms with Crippen LogP contribution in [0.15, 0.2) is 0 Å². The minimum Gasteiger partial charge on any atom is -0.393 e. The summed E-state index contributed by atoms with van der Waals surface area (Å²) in [4.78, 5) is 2.62. The first-order chi connectivity index (χ1) is 19.0. The van der Waals surface area contributed by atoms with E-state index in [2.05, 4.69) is 18.7 Å². The fourth-order valence-electron chi connectivity index (χ4n) is 8.98. The summed E-state index contributed by atoms with van der Waals surface area (Å²) < 4.78 is 12.9. The zero-order valence-electron chi connectivity index (χ0n) is 26.1. The lowest BCUT2D eigenvalue weighted by atomic mass is 9.60. The highest BCUT2D eigenvalue weighted by Crippen LogP contribution is 2.49. The summed E-state index contributed by atoms with van der Waals surface area (Å²) in [7, 11) is 0. The van der Waals surface area contributed by atoms with E-state index in [-0.39, 0.29) is 23.5 Å². The van der Waals surface area contributed by atoms with Gasteiger partial charge in [-0.15, -0.1) is 11.6 Å². The molecule has 0 amide bonds. The molecule has 0 aromatic rings. The summed E-state index contributed by atoms with van der Waals surface area (Å²) >= 11 is 6.39. The molecule has 2 aliphatic heterocycles. The number of hydrogen-bond donors (Lipinski definition) is 3. The molecule has 6 nitrogen and oxygen atoms in total. The van der Waals surface area contributed by atoms with Gasteiger partial charge < -0.3 is 30.3 Å². The number of hydrogen-bond acceptors (Lipinski definition) is 6. The molecule has 2 heterocycles. The van der Waals surface area contributed by atoms with Crippen molar-refractivity contribution in [2.24, 2.45) is 34.8 Å². The third-order valence-electron chi connectivity index (χ3n) is 11.4. The number of alkyl halides is 1. The Hall–Kier alpha value is 0.0500. The summed E-state index contributed by atoms with van der Waals surface area (Å²) in [5.74, 6) is 2.17. The summed E-state index contributed by atoms with van der Waals surface area (Å²) in [6, 6.07) is 0. The van der Waals surface area contributed by atoms with E-state index in [0.717, 1.165) is 97.0 Å². The summed E-state index contributed by atoms with van der Waals surface area (Å²) in [6.45, 7) is 13.3.